The summed E-state index contributed by atoms with van der Waals surface area (Å²) in [5.41, 5.74) is 9.95. The summed E-state index contributed by atoms with van der Waals surface area (Å²) in [5, 5.41) is 0. The summed E-state index contributed by atoms with van der Waals surface area (Å²) in [6.07, 6.45) is 6.04. The molecule has 4 nitrogen and oxygen atoms in total. The second-order valence-corrected chi connectivity index (χ2v) is 6.05. The molecule has 0 bridgehead atoms. The fraction of sp³-hybridized carbons (Fsp3) is 0.200. The van der Waals surface area contributed by atoms with E-state index in [4.69, 9.17) is 10.7 Å². The normalized spacial score (nSPS) is 14.8. The van der Waals surface area contributed by atoms with Gasteiger partial charge in [-0.05, 0) is 37.1 Å². The Kier molecular flexibility index (Phi) is 2.57. The maximum absolute atomic E-state index is 6.17. The van der Waals surface area contributed by atoms with Crippen molar-refractivity contribution in [3.8, 4) is 11.4 Å². The summed E-state index contributed by atoms with van der Waals surface area (Å²) in [6.45, 7) is 0. The van der Waals surface area contributed by atoms with Gasteiger partial charge in [-0.3, -0.25) is 4.98 Å². The maximum Gasteiger partial charge on any atom is 0.143 e. The van der Waals surface area contributed by atoms with Gasteiger partial charge in [-0.1, -0.05) is 15.9 Å². The number of nitrogen functional groups attached to an aromatic ring is 1. The minimum Gasteiger partial charge on any atom is -0.398 e. The Morgan fingerprint density at radius 1 is 1.25 bits per heavy atom. The number of pyridine rings is 1. The molecule has 4 rings (SSSR count). The molecule has 0 spiro atoms. The molecule has 0 radical (unpaired) electrons. The molecule has 1 aliphatic carbocycles. The Labute approximate surface area is 124 Å². The van der Waals surface area contributed by atoms with Crippen molar-refractivity contribution in [2.75, 3.05) is 5.73 Å². The topological polar surface area (TPSA) is 56.7 Å². The summed E-state index contributed by atoms with van der Waals surface area (Å²) >= 11 is 3.45. The quantitative estimate of drug-likeness (QED) is 0.728. The van der Waals surface area contributed by atoms with Crippen LogP contribution in [0.4, 0.5) is 5.69 Å². The summed E-state index contributed by atoms with van der Waals surface area (Å²) in [5.74, 6) is 0.945. The van der Waals surface area contributed by atoms with Crippen molar-refractivity contribution >= 4 is 32.7 Å². The highest BCUT2D eigenvalue weighted by molar-refractivity contribution is 9.10. The molecule has 3 aromatic rings. The number of hydrogen-bond acceptors (Lipinski definition) is 3. The molecule has 1 fully saturated rings. The van der Waals surface area contributed by atoms with E-state index >= 15 is 0 Å². The lowest BCUT2D eigenvalue weighted by Gasteiger charge is -2.10. The summed E-state index contributed by atoms with van der Waals surface area (Å²) in [4.78, 5) is 8.90. The average molecular weight is 329 g/mol. The molecule has 1 aliphatic rings. The van der Waals surface area contributed by atoms with E-state index in [-0.39, 0.29) is 0 Å². The van der Waals surface area contributed by atoms with E-state index in [9.17, 15) is 0 Å². The molecule has 1 saturated carbocycles. The average Bonchev–Trinajstić information content (AvgIpc) is 3.19. The van der Waals surface area contributed by atoms with Crippen molar-refractivity contribution in [2.45, 2.75) is 18.9 Å². The third-order valence-electron chi connectivity index (χ3n) is 3.66. The lowest BCUT2D eigenvalue weighted by atomic mass is 10.1. The van der Waals surface area contributed by atoms with Gasteiger partial charge in [-0.15, -0.1) is 0 Å². The van der Waals surface area contributed by atoms with E-state index in [1.54, 1.807) is 0 Å². The molecule has 0 aliphatic heterocycles. The van der Waals surface area contributed by atoms with Crippen LogP contribution in [0.25, 0.3) is 22.4 Å². The van der Waals surface area contributed by atoms with Gasteiger partial charge in [-0.25, -0.2) is 4.98 Å². The molecule has 2 aromatic heterocycles. The zero-order valence-electron chi connectivity index (χ0n) is 10.8. The molecule has 2 heterocycles. The lowest BCUT2D eigenvalue weighted by Crippen LogP contribution is -2.00. The van der Waals surface area contributed by atoms with Crippen LogP contribution in [0.1, 0.15) is 18.9 Å². The van der Waals surface area contributed by atoms with Crippen LogP contribution in [0.15, 0.2) is 41.1 Å². The van der Waals surface area contributed by atoms with Crippen LogP contribution >= 0.6 is 15.9 Å². The molecule has 20 heavy (non-hydrogen) atoms. The number of benzene rings is 1. The maximum atomic E-state index is 6.17. The van der Waals surface area contributed by atoms with Crippen molar-refractivity contribution in [3.63, 3.8) is 0 Å². The van der Waals surface area contributed by atoms with Gasteiger partial charge >= 0.3 is 0 Å². The molecule has 0 saturated heterocycles. The van der Waals surface area contributed by atoms with Crippen LogP contribution in [-0.2, 0) is 0 Å². The first-order chi connectivity index (χ1) is 9.74. The summed E-state index contributed by atoms with van der Waals surface area (Å²) < 4.78 is 3.28. The van der Waals surface area contributed by atoms with Gasteiger partial charge in [0.2, 0.25) is 0 Å². The number of anilines is 1. The smallest absolute Gasteiger partial charge is 0.143 e. The molecule has 0 amide bonds. The second-order valence-electron chi connectivity index (χ2n) is 5.13. The first-order valence-electron chi connectivity index (χ1n) is 6.61. The van der Waals surface area contributed by atoms with Gasteiger partial charge < -0.3 is 10.3 Å². The first kappa shape index (κ1) is 11.9. The number of halogens is 1. The fourth-order valence-electron chi connectivity index (χ4n) is 2.58. The van der Waals surface area contributed by atoms with Crippen molar-refractivity contribution in [3.05, 3.63) is 41.1 Å². The van der Waals surface area contributed by atoms with Crippen molar-refractivity contribution in [1.82, 2.24) is 14.5 Å². The van der Waals surface area contributed by atoms with Gasteiger partial charge in [0, 0.05) is 28.0 Å². The Morgan fingerprint density at radius 2 is 2.10 bits per heavy atom. The number of nitrogens with two attached hydrogens (primary N) is 1. The van der Waals surface area contributed by atoms with Crippen molar-refractivity contribution in [1.29, 1.82) is 0 Å². The zero-order chi connectivity index (χ0) is 13.7. The van der Waals surface area contributed by atoms with Crippen molar-refractivity contribution < 1.29 is 0 Å². The molecule has 0 unspecified atom stereocenters. The van der Waals surface area contributed by atoms with E-state index in [1.807, 2.05) is 36.7 Å². The zero-order valence-corrected chi connectivity index (χ0v) is 12.3. The van der Waals surface area contributed by atoms with Crippen LogP contribution in [0.2, 0.25) is 0 Å². The number of rotatable bonds is 2. The molecular formula is C15H13BrN4. The number of aromatic nitrogens is 3. The Balaban J connectivity index is 2.01. The largest absolute Gasteiger partial charge is 0.398 e. The lowest BCUT2D eigenvalue weighted by molar-refractivity contribution is 0.775. The first-order valence-corrected chi connectivity index (χ1v) is 7.40. The number of fused-ring (bicyclic) bond motifs is 1. The predicted octanol–water partition coefficient (Wildman–Crippen LogP) is 3.78. The van der Waals surface area contributed by atoms with Gasteiger partial charge in [0.25, 0.3) is 0 Å². The third kappa shape index (κ3) is 1.81. The summed E-state index contributed by atoms with van der Waals surface area (Å²) in [6, 6.07) is 8.51. The van der Waals surface area contributed by atoms with E-state index in [1.165, 1.54) is 12.8 Å². The van der Waals surface area contributed by atoms with Crippen LogP contribution in [0.5, 0.6) is 0 Å². The highest BCUT2D eigenvalue weighted by Crippen LogP contribution is 2.42. The van der Waals surface area contributed by atoms with Crippen LogP contribution < -0.4 is 5.73 Å². The fourth-order valence-corrected chi connectivity index (χ4v) is 2.96. The SMILES string of the molecule is Nc1cc(Br)ccc1-c1nc2cnccc2n1C1CC1. The molecule has 1 aromatic carbocycles. The minimum absolute atomic E-state index is 0.542. The van der Waals surface area contributed by atoms with Crippen LogP contribution in [0, 0.1) is 0 Å². The van der Waals surface area contributed by atoms with E-state index in [0.717, 1.165) is 32.6 Å². The van der Waals surface area contributed by atoms with Gasteiger partial charge in [-0.2, -0.15) is 0 Å². The minimum atomic E-state index is 0.542. The monoisotopic (exact) mass is 328 g/mol. The van der Waals surface area contributed by atoms with E-state index in [0.29, 0.717) is 6.04 Å². The Morgan fingerprint density at radius 3 is 2.85 bits per heavy atom. The molecule has 5 heteroatoms. The van der Waals surface area contributed by atoms with E-state index < -0.39 is 0 Å². The van der Waals surface area contributed by atoms with Crippen molar-refractivity contribution in [2.24, 2.45) is 0 Å². The number of nitrogens with zero attached hydrogens (tertiary/aromatic N) is 3. The Bertz CT molecular complexity index is 805. The summed E-state index contributed by atoms with van der Waals surface area (Å²) in [7, 11) is 0. The third-order valence-corrected chi connectivity index (χ3v) is 4.15. The molecule has 2 N–H and O–H groups in total. The molecule has 0 atom stereocenters. The van der Waals surface area contributed by atoms with Gasteiger partial charge in [0.1, 0.15) is 11.3 Å². The van der Waals surface area contributed by atoms with Crippen LogP contribution in [-0.4, -0.2) is 14.5 Å². The predicted molar refractivity (Wildman–Crippen MR) is 83.3 cm³/mol. The standard InChI is InChI=1S/C15H13BrN4/c16-9-1-4-11(12(17)7-9)15-19-13-8-18-6-5-14(13)20(15)10-2-3-10/h1,4-8,10H,2-3,17H2. The Hall–Kier alpha value is -1.88. The highest BCUT2D eigenvalue weighted by atomic mass is 79.9. The van der Waals surface area contributed by atoms with E-state index in [2.05, 4.69) is 25.5 Å². The van der Waals surface area contributed by atoms with Crippen LogP contribution in [0.3, 0.4) is 0 Å². The number of imidazole rings is 1. The second kappa shape index (κ2) is 4.31. The highest BCUT2D eigenvalue weighted by Gasteiger charge is 2.29. The van der Waals surface area contributed by atoms with Gasteiger partial charge in [0.05, 0.1) is 11.7 Å². The molecule has 100 valence electrons. The van der Waals surface area contributed by atoms with Gasteiger partial charge in [0.15, 0.2) is 0 Å². The number of hydrogen-bond donors (Lipinski definition) is 1. The molecular weight excluding hydrogens is 316 g/mol.